The van der Waals surface area contributed by atoms with Crippen LogP contribution in [0, 0.1) is 5.41 Å². The van der Waals surface area contributed by atoms with Gasteiger partial charge in [0.15, 0.2) is 0 Å². The van der Waals surface area contributed by atoms with E-state index in [0.29, 0.717) is 5.41 Å². The first-order valence-electron chi connectivity index (χ1n) is 5.83. The van der Waals surface area contributed by atoms with Crippen LogP contribution in [0.4, 0.5) is 0 Å². The van der Waals surface area contributed by atoms with Crippen molar-refractivity contribution in [3.8, 4) is 0 Å². The number of hydrogen-bond acceptors (Lipinski definition) is 3. The molecular formula is C12H27NO2. The van der Waals surface area contributed by atoms with E-state index in [1.807, 2.05) is 0 Å². The second-order valence-electron chi connectivity index (χ2n) is 5.02. The molecule has 92 valence electrons. The summed E-state index contributed by atoms with van der Waals surface area (Å²) in [5, 5.41) is 3.38. The minimum atomic E-state index is 0.423. The molecule has 0 aliphatic carbocycles. The molecule has 0 saturated heterocycles. The number of nitrogens with one attached hydrogen (secondary N) is 1. The molecule has 0 rings (SSSR count). The lowest BCUT2D eigenvalue weighted by Crippen LogP contribution is -2.24. The van der Waals surface area contributed by atoms with E-state index in [9.17, 15) is 0 Å². The monoisotopic (exact) mass is 217 g/mol. The molecule has 0 heterocycles. The summed E-state index contributed by atoms with van der Waals surface area (Å²) in [5.74, 6) is 0. The van der Waals surface area contributed by atoms with Crippen molar-refractivity contribution < 1.29 is 9.47 Å². The quantitative estimate of drug-likeness (QED) is 0.600. The molecule has 3 nitrogen and oxygen atoms in total. The lowest BCUT2D eigenvalue weighted by atomic mass is 9.92. The summed E-state index contributed by atoms with van der Waals surface area (Å²) in [6, 6.07) is 0. The van der Waals surface area contributed by atoms with Crippen molar-refractivity contribution in [3.05, 3.63) is 0 Å². The molecular weight excluding hydrogens is 190 g/mol. The number of ether oxygens (including phenoxy) is 2. The van der Waals surface area contributed by atoms with Crippen LogP contribution in [0.1, 0.15) is 33.6 Å². The van der Waals surface area contributed by atoms with Gasteiger partial charge >= 0.3 is 0 Å². The van der Waals surface area contributed by atoms with Gasteiger partial charge in [-0.25, -0.2) is 0 Å². The van der Waals surface area contributed by atoms with Gasteiger partial charge in [0, 0.05) is 26.9 Å². The first-order valence-corrected chi connectivity index (χ1v) is 5.83. The zero-order valence-corrected chi connectivity index (χ0v) is 10.8. The van der Waals surface area contributed by atoms with Gasteiger partial charge in [-0.05, 0) is 24.8 Å². The Labute approximate surface area is 94.5 Å². The molecule has 0 aromatic heterocycles. The lowest BCUT2D eigenvalue weighted by molar-refractivity contribution is 0.104. The van der Waals surface area contributed by atoms with Crippen LogP contribution in [-0.2, 0) is 9.47 Å². The van der Waals surface area contributed by atoms with Crippen LogP contribution in [0.2, 0.25) is 0 Å². The summed E-state index contributed by atoms with van der Waals surface area (Å²) in [7, 11) is 1.72. The number of methoxy groups -OCH3 is 1. The van der Waals surface area contributed by atoms with Gasteiger partial charge in [0.2, 0.25) is 0 Å². The van der Waals surface area contributed by atoms with Gasteiger partial charge in [0.25, 0.3) is 0 Å². The van der Waals surface area contributed by atoms with E-state index in [1.165, 1.54) is 6.42 Å². The van der Waals surface area contributed by atoms with Crippen molar-refractivity contribution in [1.82, 2.24) is 5.32 Å². The maximum absolute atomic E-state index is 5.43. The zero-order valence-electron chi connectivity index (χ0n) is 10.8. The summed E-state index contributed by atoms with van der Waals surface area (Å²) in [6.45, 7) is 11.2. The zero-order chi connectivity index (χ0) is 11.6. The van der Waals surface area contributed by atoms with E-state index in [1.54, 1.807) is 7.11 Å². The van der Waals surface area contributed by atoms with Crippen molar-refractivity contribution in [1.29, 1.82) is 0 Å². The van der Waals surface area contributed by atoms with Gasteiger partial charge in [-0.2, -0.15) is 0 Å². The van der Waals surface area contributed by atoms with Crippen molar-refractivity contribution >= 4 is 0 Å². The molecule has 0 fully saturated rings. The first-order chi connectivity index (χ1) is 7.06. The standard InChI is InChI=1S/C12H27NO2/c1-12(2,3)6-7-13-8-11-15-10-5-9-14-4/h13H,5-11H2,1-4H3. The normalized spacial score (nSPS) is 12.0. The van der Waals surface area contributed by atoms with Crippen molar-refractivity contribution in [2.45, 2.75) is 33.6 Å². The van der Waals surface area contributed by atoms with E-state index < -0.39 is 0 Å². The molecule has 1 N–H and O–H groups in total. The van der Waals surface area contributed by atoms with Gasteiger partial charge in [0.05, 0.1) is 6.61 Å². The second-order valence-corrected chi connectivity index (χ2v) is 5.02. The maximum atomic E-state index is 5.43. The summed E-state index contributed by atoms with van der Waals surface area (Å²) in [6.07, 6.45) is 2.19. The molecule has 0 bridgehead atoms. The van der Waals surface area contributed by atoms with Gasteiger partial charge < -0.3 is 14.8 Å². The fourth-order valence-corrected chi connectivity index (χ4v) is 1.14. The Morgan fingerprint density at radius 3 is 2.33 bits per heavy atom. The van der Waals surface area contributed by atoms with Crippen LogP contribution in [0.25, 0.3) is 0 Å². The second kappa shape index (κ2) is 9.13. The van der Waals surface area contributed by atoms with Crippen LogP contribution in [0.5, 0.6) is 0 Å². The Kier molecular flexibility index (Phi) is 9.06. The smallest absolute Gasteiger partial charge is 0.0590 e. The molecule has 0 aliphatic heterocycles. The SMILES string of the molecule is COCCCOCCNCCC(C)(C)C. The molecule has 0 amide bonds. The van der Waals surface area contributed by atoms with Crippen LogP contribution >= 0.6 is 0 Å². The Morgan fingerprint density at radius 1 is 1.00 bits per heavy atom. The third-order valence-electron chi connectivity index (χ3n) is 2.11. The van der Waals surface area contributed by atoms with Gasteiger partial charge in [-0.1, -0.05) is 20.8 Å². The third kappa shape index (κ3) is 13.9. The lowest BCUT2D eigenvalue weighted by Gasteiger charge is -2.18. The van der Waals surface area contributed by atoms with Crippen molar-refractivity contribution in [3.63, 3.8) is 0 Å². The van der Waals surface area contributed by atoms with Crippen molar-refractivity contribution in [2.24, 2.45) is 5.41 Å². The summed E-state index contributed by atoms with van der Waals surface area (Å²) in [5.41, 5.74) is 0.423. The molecule has 0 radical (unpaired) electrons. The number of hydrogen-bond donors (Lipinski definition) is 1. The molecule has 0 unspecified atom stereocenters. The third-order valence-corrected chi connectivity index (χ3v) is 2.11. The van der Waals surface area contributed by atoms with E-state index in [4.69, 9.17) is 9.47 Å². The predicted octanol–water partition coefficient (Wildman–Crippen LogP) is 2.07. The molecule has 0 saturated carbocycles. The fourth-order valence-electron chi connectivity index (χ4n) is 1.14. The Hall–Kier alpha value is -0.120. The molecule has 0 aliphatic rings. The van der Waals surface area contributed by atoms with E-state index >= 15 is 0 Å². The van der Waals surface area contributed by atoms with Crippen molar-refractivity contribution in [2.75, 3.05) is 40.0 Å². The summed E-state index contributed by atoms with van der Waals surface area (Å²) in [4.78, 5) is 0. The molecule has 3 heteroatoms. The average Bonchev–Trinajstić information content (AvgIpc) is 2.14. The number of rotatable bonds is 9. The predicted molar refractivity (Wildman–Crippen MR) is 64.3 cm³/mol. The average molecular weight is 217 g/mol. The summed E-state index contributed by atoms with van der Waals surface area (Å²) >= 11 is 0. The van der Waals surface area contributed by atoms with E-state index in [0.717, 1.165) is 39.3 Å². The highest BCUT2D eigenvalue weighted by molar-refractivity contribution is 4.62. The topological polar surface area (TPSA) is 30.5 Å². The van der Waals surface area contributed by atoms with Gasteiger partial charge in [-0.3, -0.25) is 0 Å². The van der Waals surface area contributed by atoms with Crippen LogP contribution in [0.3, 0.4) is 0 Å². The van der Waals surface area contributed by atoms with Crippen LogP contribution in [-0.4, -0.2) is 40.0 Å². The molecule has 0 aromatic rings. The highest BCUT2D eigenvalue weighted by Gasteiger charge is 2.08. The van der Waals surface area contributed by atoms with Gasteiger partial charge in [-0.15, -0.1) is 0 Å². The minimum Gasteiger partial charge on any atom is -0.385 e. The van der Waals surface area contributed by atoms with Crippen LogP contribution < -0.4 is 5.32 Å². The fraction of sp³-hybridized carbons (Fsp3) is 1.00. The van der Waals surface area contributed by atoms with Crippen LogP contribution in [0.15, 0.2) is 0 Å². The first kappa shape index (κ1) is 14.9. The molecule has 0 spiro atoms. The van der Waals surface area contributed by atoms with E-state index in [-0.39, 0.29) is 0 Å². The summed E-state index contributed by atoms with van der Waals surface area (Å²) < 4.78 is 10.4. The Bertz CT molecular complexity index is 132. The largest absolute Gasteiger partial charge is 0.385 e. The highest BCUT2D eigenvalue weighted by atomic mass is 16.5. The van der Waals surface area contributed by atoms with Gasteiger partial charge in [0.1, 0.15) is 0 Å². The van der Waals surface area contributed by atoms with E-state index in [2.05, 4.69) is 26.1 Å². The minimum absolute atomic E-state index is 0.423. The maximum Gasteiger partial charge on any atom is 0.0590 e. The molecule has 0 aromatic carbocycles. The Morgan fingerprint density at radius 2 is 1.73 bits per heavy atom. The Balaban J connectivity index is 2.99. The highest BCUT2D eigenvalue weighted by Crippen LogP contribution is 2.16. The molecule has 0 atom stereocenters. The molecule has 15 heavy (non-hydrogen) atoms.